The third-order valence-corrected chi connectivity index (χ3v) is 3.89. The first-order valence-corrected chi connectivity index (χ1v) is 7.85. The topological polar surface area (TPSA) is 84.9 Å². The Morgan fingerprint density at radius 2 is 1.96 bits per heavy atom. The first-order chi connectivity index (χ1) is 11.0. The third kappa shape index (κ3) is 4.69. The van der Waals surface area contributed by atoms with E-state index in [4.69, 9.17) is 14.6 Å². The van der Waals surface area contributed by atoms with Crippen LogP contribution in [-0.4, -0.2) is 35.8 Å². The van der Waals surface area contributed by atoms with Crippen LogP contribution in [0.4, 0.5) is 5.69 Å². The van der Waals surface area contributed by atoms with Gasteiger partial charge < -0.3 is 19.9 Å². The number of carboxylic acid groups (broad SMARTS) is 1. The molecule has 1 unspecified atom stereocenters. The molecule has 0 heterocycles. The van der Waals surface area contributed by atoms with Crippen LogP contribution in [0, 0.1) is 5.92 Å². The molecule has 6 heteroatoms. The highest BCUT2D eigenvalue weighted by atomic mass is 16.5. The highest BCUT2D eigenvalue weighted by Gasteiger charge is 2.48. The smallest absolute Gasteiger partial charge is 0.341 e. The van der Waals surface area contributed by atoms with Crippen LogP contribution >= 0.6 is 0 Å². The molecule has 0 aromatic heterocycles. The lowest BCUT2D eigenvalue weighted by molar-refractivity contribution is -0.142. The van der Waals surface area contributed by atoms with Gasteiger partial charge in [0, 0.05) is 12.3 Å². The first kappa shape index (κ1) is 17.3. The lowest BCUT2D eigenvalue weighted by Crippen LogP contribution is -2.45. The largest absolute Gasteiger partial charge is 0.482 e. The van der Waals surface area contributed by atoms with Gasteiger partial charge in [0.1, 0.15) is 11.4 Å². The molecule has 1 aromatic carbocycles. The van der Waals surface area contributed by atoms with E-state index in [9.17, 15) is 9.59 Å². The van der Waals surface area contributed by atoms with Crippen LogP contribution in [0.25, 0.3) is 0 Å². The number of amides is 1. The molecule has 126 valence electrons. The van der Waals surface area contributed by atoms with E-state index in [1.165, 1.54) is 0 Å². The van der Waals surface area contributed by atoms with Gasteiger partial charge in [-0.1, -0.05) is 6.92 Å². The fourth-order valence-electron chi connectivity index (χ4n) is 2.35. The molecule has 1 fully saturated rings. The van der Waals surface area contributed by atoms with Gasteiger partial charge in [-0.2, -0.15) is 0 Å². The monoisotopic (exact) mass is 321 g/mol. The molecule has 0 radical (unpaired) electrons. The quantitative estimate of drug-likeness (QED) is 0.730. The fourth-order valence-corrected chi connectivity index (χ4v) is 2.35. The Bertz CT molecular complexity index is 553. The molecule has 1 aliphatic carbocycles. The number of benzene rings is 1. The normalized spacial score (nSPS) is 16.4. The summed E-state index contributed by atoms with van der Waals surface area (Å²) in [6.45, 7) is 4.03. The number of hydrogen-bond donors (Lipinski definition) is 2. The first-order valence-electron chi connectivity index (χ1n) is 7.85. The average molecular weight is 321 g/mol. The Hall–Kier alpha value is -2.08. The van der Waals surface area contributed by atoms with Gasteiger partial charge >= 0.3 is 5.97 Å². The number of anilines is 1. The minimum atomic E-state index is -1.03. The molecule has 0 aliphatic heterocycles. The molecule has 1 aromatic rings. The number of hydrogen-bond acceptors (Lipinski definition) is 4. The SMILES string of the molecule is CCCOC(C)(C(=O)Nc1ccc(OCC(=O)O)cc1)C1CC1. The summed E-state index contributed by atoms with van der Waals surface area (Å²) in [6, 6.07) is 6.62. The summed E-state index contributed by atoms with van der Waals surface area (Å²) >= 11 is 0. The van der Waals surface area contributed by atoms with Crippen molar-refractivity contribution in [2.75, 3.05) is 18.5 Å². The Labute approximate surface area is 135 Å². The number of carbonyl (C=O) groups is 2. The predicted octanol–water partition coefficient (Wildman–Crippen LogP) is 2.68. The van der Waals surface area contributed by atoms with Crippen LogP contribution < -0.4 is 10.1 Å². The van der Waals surface area contributed by atoms with Gasteiger partial charge in [-0.05, 0) is 56.4 Å². The minimum absolute atomic E-state index is 0.146. The molecular weight excluding hydrogens is 298 g/mol. The van der Waals surface area contributed by atoms with Crippen molar-refractivity contribution in [1.29, 1.82) is 0 Å². The Kier molecular flexibility index (Phi) is 5.60. The molecule has 1 saturated carbocycles. The summed E-state index contributed by atoms with van der Waals surface area (Å²) < 4.78 is 10.9. The molecule has 1 aliphatic rings. The van der Waals surface area contributed by atoms with Crippen molar-refractivity contribution in [3.05, 3.63) is 24.3 Å². The average Bonchev–Trinajstić information content (AvgIpc) is 3.37. The zero-order chi connectivity index (χ0) is 16.9. The van der Waals surface area contributed by atoms with Gasteiger partial charge in [0.2, 0.25) is 0 Å². The second kappa shape index (κ2) is 7.46. The van der Waals surface area contributed by atoms with Crippen molar-refractivity contribution >= 4 is 17.6 Å². The maximum absolute atomic E-state index is 12.6. The molecule has 2 rings (SSSR count). The molecule has 0 spiro atoms. The molecule has 23 heavy (non-hydrogen) atoms. The van der Waals surface area contributed by atoms with E-state index in [0.29, 0.717) is 18.0 Å². The van der Waals surface area contributed by atoms with E-state index >= 15 is 0 Å². The number of carboxylic acids is 1. The Morgan fingerprint density at radius 1 is 1.30 bits per heavy atom. The van der Waals surface area contributed by atoms with Crippen molar-refractivity contribution in [1.82, 2.24) is 0 Å². The zero-order valence-electron chi connectivity index (χ0n) is 13.5. The van der Waals surface area contributed by atoms with E-state index in [1.807, 2.05) is 13.8 Å². The molecule has 1 amide bonds. The molecule has 6 nitrogen and oxygen atoms in total. The van der Waals surface area contributed by atoms with Crippen molar-refractivity contribution in [3.8, 4) is 5.75 Å². The van der Waals surface area contributed by atoms with Crippen LogP contribution in [-0.2, 0) is 14.3 Å². The maximum atomic E-state index is 12.6. The molecular formula is C17H23NO5. The number of carbonyl (C=O) groups excluding carboxylic acids is 1. The Morgan fingerprint density at radius 3 is 2.48 bits per heavy atom. The van der Waals surface area contributed by atoms with Gasteiger partial charge in [-0.15, -0.1) is 0 Å². The summed E-state index contributed by atoms with van der Waals surface area (Å²) in [5.41, 5.74) is -0.168. The summed E-state index contributed by atoms with van der Waals surface area (Å²) in [5, 5.41) is 11.4. The van der Waals surface area contributed by atoms with Gasteiger partial charge in [-0.3, -0.25) is 4.79 Å². The van der Waals surface area contributed by atoms with Crippen molar-refractivity contribution in [2.24, 2.45) is 5.92 Å². The van der Waals surface area contributed by atoms with Crippen LogP contribution in [0.1, 0.15) is 33.1 Å². The third-order valence-electron chi connectivity index (χ3n) is 3.89. The van der Waals surface area contributed by atoms with Gasteiger partial charge in [0.15, 0.2) is 6.61 Å². The summed E-state index contributed by atoms with van der Waals surface area (Å²) in [5.74, 6) is -0.465. The summed E-state index contributed by atoms with van der Waals surface area (Å²) in [7, 11) is 0. The lowest BCUT2D eigenvalue weighted by Gasteiger charge is -2.28. The van der Waals surface area contributed by atoms with E-state index < -0.39 is 18.2 Å². The fraction of sp³-hybridized carbons (Fsp3) is 0.529. The second-order valence-electron chi connectivity index (χ2n) is 5.89. The number of ether oxygens (including phenoxy) is 2. The maximum Gasteiger partial charge on any atom is 0.341 e. The van der Waals surface area contributed by atoms with Gasteiger partial charge in [0.25, 0.3) is 5.91 Å². The minimum Gasteiger partial charge on any atom is -0.482 e. The number of aliphatic carboxylic acids is 1. The number of nitrogens with one attached hydrogen (secondary N) is 1. The zero-order valence-corrected chi connectivity index (χ0v) is 13.5. The lowest BCUT2D eigenvalue weighted by atomic mass is 9.98. The van der Waals surface area contributed by atoms with E-state index in [-0.39, 0.29) is 11.8 Å². The van der Waals surface area contributed by atoms with E-state index in [2.05, 4.69) is 5.32 Å². The van der Waals surface area contributed by atoms with Gasteiger partial charge in [-0.25, -0.2) is 4.79 Å². The van der Waals surface area contributed by atoms with Gasteiger partial charge in [0.05, 0.1) is 0 Å². The molecule has 2 N–H and O–H groups in total. The second-order valence-corrected chi connectivity index (χ2v) is 5.89. The highest BCUT2D eigenvalue weighted by Crippen LogP contribution is 2.42. The molecule has 0 bridgehead atoms. The van der Waals surface area contributed by atoms with Crippen LogP contribution in [0.3, 0.4) is 0 Å². The van der Waals surface area contributed by atoms with Crippen molar-refractivity contribution in [3.63, 3.8) is 0 Å². The highest BCUT2D eigenvalue weighted by molar-refractivity contribution is 5.97. The molecule has 0 saturated heterocycles. The van der Waals surface area contributed by atoms with E-state index in [0.717, 1.165) is 19.3 Å². The number of rotatable bonds is 9. The van der Waals surface area contributed by atoms with Crippen molar-refractivity contribution < 1.29 is 24.2 Å². The summed E-state index contributed by atoms with van der Waals surface area (Å²) in [4.78, 5) is 23.0. The van der Waals surface area contributed by atoms with Crippen LogP contribution in [0.2, 0.25) is 0 Å². The van der Waals surface area contributed by atoms with Crippen LogP contribution in [0.5, 0.6) is 5.75 Å². The summed E-state index contributed by atoms with van der Waals surface area (Å²) in [6.07, 6.45) is 2.89. The van der Waals surface area contributed by atoms with Crippen LogP contribution in [0.15, 0.2) is 24.3 Å². The Balaban J connectivity index is 1.96. The predicted molar refractivity (Wildman–Crippen MR) is 85.6 cm³/mol. The standard InChI is InChI=1S/C17H23NO5/c1-3-10-23-17(2,12-4-5-12)16(21)18-13-6-8-14(9-7-13)22-11-15(19)20/h6-9,12H,3-5,10-11H2,1-2H3,(H,18,21)(H,19,20). The molecule has 1 atom stereocenters. The van der Waals surface area contributed by atoms with E-state index in [1.54, 1.807) is 24.3 Å². The van der Waals surface area contributed by atoms with Crippen molar-refractivity contribution in [2.45, 2.75) is 38.7 Å².